The van der Waals surface area contributed by atoms with Gasteiger partial charge in [-0.1, -0.05) is 43.9 Å². The molecule has 5 heteroatoms. The number of halogens is 1. The van der Waals surface area contributed by atoms with Crippen LogP contribution in [0, 0.1) is 3.57 Å². The zero-order valence-electron chi connectivity index (χ0n) is 13.7. The molecule has 0 atom stereocenters. The van der Waals surface area contributed by atoms with Gasteiger partial charge in [-0.05, 0) is 46.4 Å². The Morgan fingerprint density at radius 2 is 1.65 bits per heavy atom. The second-order valence-corrected chi connectivity index (χ2v) is 12.7. The van der Waals surface area contributed by atoms with Gasteiger partial charge in [0.2, 0.25) is 0 Å². The zero-order chi connectivity index (χ0) is 16.6. The number of methoxy groups -OCH3 is 1. The summed E-state index contributed by atoms with van der Waals surface area (Å²) in [5.41, 5.74) is 3.36. The molecular formula is C18H19IN2OSi. The van der Waals surface area contributed by atoms with Crippen molar-refractivity contribution in [1.29, 1.82) is 0 Å². The van der Waals surface area contributed by atoms with Crippen LogP contribution in [-0.2, 0) is 0 Å². The maximum Gasteiger partial charge on any atom is 0.118 e. The number of fused-ring (bicyclic) bond motifs is 1. The van der Waals surface area contributed by atoms with E-state index in [0.29, 0.717) is 0 Å². The monoisotopic (exact) mass is 434 g/mol. The minimum Gasteiger partial charge on any atom is -0.497 e. The number of hydrogen-bond donors (Lipinski definition) is 0. The molecule has 1 heterocycles. The molecule has 23 heavy (non-hydrogen) atoms. The number of ether oxygens (including phenoxy) is 1. The van der Waals surface area contributed by atoms with Crippen LogP contribution in [0.5, 0.6) is 5.75 Å². The molecule has 118 valence electrons. The van der Waals surface area contributed by atoms with E-state index in [-0.39, 0.29) is 0 Å². The second kappa shape index (κ2) is 6.20. The third-order valence-electron chi connectivity index (χ3n) is 3.83. The van der Waals surface area contributed by atoms with E-state index in [2.05, 4.69) is 82.8 Å². The largest absolute Gasteiger partial charge is 0.497 e. The van der Waals surface area contributed by atoms with Crippen molar-refractivity contribution in [3.05, 3.63) is 46.0 Å². The van der Waals surface area contributed by atoms with Crippen molar-refractivity contribution in [3.63, 3.8) is 0 Å². The van der Waals surface area contributed by atoms with Crippen molar-refractivity contribution in [2.45, 2.75) is 19.6 Å². The topological polar surface area (TPSA) is 35.0 Å². The molecule has 0 saturated heterocycles. The Morgan fingerprint density at radius 1 is 0.957 bits per heavy atom. The molecule has 0 aliphatic heterocycles. The van der Waals surface area contributed by atoms with Gasteiger partial charge in [-0.2, -0.15) is 5.10 Å². The van der Waals surface area contributed by atoms with Crippen molar-refractivity contribution < 1.29 is 4.74 Å². The number of benzene rings is 2. The lowest BCUT2D eigenvalue weighted by molar-refractivity contribution is 0.415. The maximum absolute atomic E-state index is 5.29. The molecule has 0 aliphatic rings. The highest BCUT2D eigenvalue weighted by atomic mass is 127. The lowest BCUT2D eigenvalue weighted by Gasteiger charge is -2.21. The van der Waals surface area contributed by atoms with Crippen LogP contribution in [0.4, 0.5) is 0 Å². The van der Waals surface area contributed by atoms with Crippen LogP contribution >= 0.6 is 22.6 Å². The highest BCUT2D eigenvalue weighted by Crippen LogP contribution is 2.30. The lowest BCUT2D eigenvalue weighted by Crippen LogP contribution is -2.42. The SMILES string of the molecule is COc1ccc(-c2c([Si](C)(C)C)nnc3c(I)cccc23)cc1. The van der Waals surface area contributed by atoms with Gasteiger partial charge in [0, 0.05) is 14.5 Å². The fraction of sp³-hybridized carbons (Fsp3) is 0.222. The number of rotatable bonds is 3. The predicted octanol–water partition coefficient (Wildman–Crippen LogP) is 4.46. The van der Waals surface area contributed by atoms with E-state index in [0.717, 1.165) is 20.2 Å². The third kappa shape index (κ3) is 3.12. The summed E-state index contributed by atoms with van der Waals surface area (Å²) in [5.74, 6) is 0.865. The van der Waals surface area contributed by atoms with E-state index in [9.17, 15) is 0 Å². The molecule has 3 aromatic rings. The molecule has 0 radical (unpaired) electrons. The first-order valence-electron chi connectivity index (χ1n) is 7.51. The lowest BCUT2D eigenvalue weighted by atomic mass is 10.0. The molecule has 0 unspecified atom stereocenters. The van der Waals surface area contributed by atoms with Crippen molar-refractivity contribution in [3.8, 4) is 16.9 Å². The summed E-state index contributed by atoms with van der Waals surface area (Å²) >= 11 is 2.33. The Kier molecular flexibility index (Phi) is 4.42. The molecule has 0 saturated carbocycles. The summed E-state index contributed by atoms with van der Waals surface area (Å²) in [5, 5.41) is 11.5. The Bertz CT molecular complexity index is 857. The fourth-order valence-corrected chi connectivity index (χ4v) is 4.66. The molecule has 0 spiro atoms. The molecule has 3 rings (SSSR count). The Balaban J connectivity index is 2.36. The Hall–Kier alpha value is -1.47. The molecule has 0 fully saturated rings. The van der Waals surface area contributed by atoms with Crippen LogP contribution in [0.2, 0.25) is 19.6 Å². The average molecular weight is 434 g/mol. The summed E-state index contributed by atoms with van der Waals surface area (Å²) in [6.45, 7) is 6.93. The first-order chi connectivity index (χ1) is 10.9. The summed E-state index contributed by atoms with van der Waals surface area (Å²) in [6, 6.07) is 14.5. The number of hydrogen-bond acceptors (Lipinski definition) is 3. The van der Waals surface area contributed by atoms with Gasteiger partial charge in [-0.25, -0.2) is 0 Å². The van der Waals surface area contributed by atoms with Crippen LogP contribution in [0.15, 0.2) is 42.5 Å². The molecule has 0 amide bonds. The first-order valence-corrected chi connectivity index (χ1v) is 12.1. The molecule has 1 aromatic heterocycles. The highest BCUT2D eigenvalue weighted by Gasteiger charge is 2.25. The van der Waals surface area contributed by atoms with Gasteiger partial charge in [0.15, 0.2) is 0 Å². The maximum atomic E-state index is 5.29. The average Bonchev–Trinajstić information content (AvgIpc) is 2.53. The van der Waals surface area contributed by atoms with Crippen LogP contribution in [0.1, 0.15) is 0 Å². The molecule has 3 nitrogen and oxygen atoms in total. The van der Waals surface area contributed by atoms with E-state index in [4.69, 9.17) is 4.74 Å². The van der Waals surface area contributed by atoms with Crippen LogP contribution < -0.4 is 10.1 Å². The summed E-state index contributed by atoms with van der Waals surface area (Å²) < 4.78 is 6.42. The normalized spacial score (nSPS) is 11.7. The van der Waals surface area contributed by atoms with Crippen molar-refractivity contribution >= 4 is 46.9 Å². The van der Waals surface area contributed by atoms with E-state index in [1.807, 2.05) is 12.1 Å². The Morgan fingerprint density at radius 3 is 2.26 bits per heavy atom. The number of nitrogens with zero attached hydrogens (tertiary/aromatic N) is 2. The van der Waals surface area contributed by atoms with Gasteiger partial charge in [0.05, 0.1) is 12.4 Å². The highest BCUT2D eigenvalue weighted by molar-refractivity contribution is 14.1. The number of aromatic nitrogens is 2. The van der Waals surface area contributed by atoms with Crippen LogP contribution in [0.3, 0.4) is 0 Å². The summed E-state index contributed by atoms with van der Waals surface area (Å²) in [7, 11) is 0.0643. The van der Waals surface area contributed by atoms with Gasteiger partial charge < -0.3 is 4.74 Å². The quantitative estimate of drug-likeness (QED) is 0.451. The van der Waals surface area contributed by atoms with E-state index < -0.39 is 8.07 Å². The minimum atomic E-state index is -1.62. The van der Waals surface area contributed by atoms with Gasteiger partial charge >= 0.3 is 0 Å². The van der Waals surface area contributed by atoms with Gasteiger partial charge in [0.1, 0.15) is 19.3 Å². The van der Waals surface area contributed by atoms with E-state index in [1.54, 1.807) is 7.11 Å². The fourth-order valence-electron chi connectivity index (χ4n) is 2.67. The molecule has 2 aromatic carbocycles. The molecule has 0 N–H and O–H groups in total. The van der Waals surface area contributed by atoms with Gasteiger partial charge in [-0.15, -0.1) is 5.10 Å². The summed E-state index contributed by atoms with van der Waals surface area (Å²) in [4.78, 5) is 0. The van der Waals surface area contributed by atoms with Crippen molar-refractivity contribution in [2.24, 2.45) is 0 Å². The van der Waals surface area contributed by atoms with Crippen LogP contribution in [-0.4, -0.2) is 25.4 Å². The first kappa shape index (κ1) is 16.4. The zero-order valence-corrected chi connectivity index (χ0v) is 16.9. The molecule has 0 aliphatic carbocycles. The predicted molar refractivity (Wildman–Crippen MR) is 107 cm³/mol. The van der Waals surface area contributed by atoms with Crippen molar-refractivity contribution in [2.75, 3.05) is 7.11 Å². The van der Waals surface area contributed by atoms with Crippen LogP contribution in [0.25, 0.3) is 22.0 Å². The summed E-state index contributed by atoms with van der Waals surface area (Å²) in [6.07, 6.45) is 0. The Labute approximate surface area is 151 Å². The van der Waals surface area contributed by atoms with Gasteiger partial charge in [0.25, 0.3) is 0 Å². The third-order valence-corrected chi connectivity index (χ3v) is 6.47. The molecule has 0 bridgehead atoms. The van der Waals surface area contributed by atoms with Crippen molar-refractivity contribution in [1.82, 2.24) is 10.2 Å². The van der Waals surface area contributed by atoms with E-state index >= 15 is 0 Å². The van der Waals surface area contributed by atoms with Gasteiger partial charge in [-0.3, -0.25) is 0 Å². The smallest absolute Gasteiger partial charge is 0.118 e. The minimum absolute atomic E-state index is 0.865. The standard InChI is InChI=1S/C18H19IN2OSi/c1-22-13-10-8-12(9-11-13)16-14-6-5-7-15(19)17(14)20-21-18(16)23(2,3)4/h5-11H,1-4H3. The van der Waals surface area contributed by atoms with E-state index in [1.165, 1.54) is 16.5 Å². The second-order valence-electron chi connectivity index (χ2n) is 6.54. The molecular weight excluding hydrogens is 415 g/mol.